The van der Waals surface area contributed by atoms with Gasteiger partial charge >= 0.3 is 5.91 Å². The molecule has 8 nitrogen and oxygen atoms in total. The van der Waals surface area contributed by atoms with E-state index in [1.165, 1.54) is 6.20 Å². The first-order valence-electron chi connectivity index (χ1n) is 8.55. The molecule has 4 rings (SSSR count). The fraction of sp³-hybridized carbons (Fsp3) is 0.211. The van der Waals surface area contributed by atoms with Gasteiger partial charge in [0.05, 0.1) is 18.7 Å². The topological polar surface area (TPSA) is 101 Å². The minimum absolute atomic E-state index is 0.0275. The molecule has 0 bridgehead atoms. The molecule has 1 aliphatic heterocycles. The average Bonchev–Trinajstić information content (AvgIpc) is 3.28. The van der Waals surface area contributed by atoms with E-state index in [2.05, 4.69) is 20.3 Å². The molecule has 0 atom stereocenters. The van der Waals surface area contributed by atoms with Gasteiger partial charge in [-0.05, 0) is 30.2 Å². The van der Waals surface area contributed by atoms with Crippen molar-refractivity contribution in [1.82, 2.24) is 25.2 Å². The average molecular weight is 363 g/mol. The molecule has 3 aromatic heterocycles. The number of fused-ring (bicyclic) bond motifs is 1. The van der Waals surface area contributed by atoms with Crippen LogP contribution in [0, 0.1) is 0 Å². The lowest BCUT2D eigenvalue weighted by Crippen LogP contribution is -2.27. The fourth-order valence-corrected chi connectivity index (χ4v) is 2.90. The predicted octanol–water partition coefficient (Wildman–Crippen LogP) is 1.59. The second-order valence-electron chi connectivity index (χ2n) is 6.16. The van der Waals surface area contributed by atoms with Gasteiger partial charge in [-0.2, -0.15) is 0 Å². The number of nitrogens with one attached hydrogen (secondary N) is 1. The lowest BCUT2D eigenvalue weighted by molar-refractivity contribution is 0.0740. The standard InChI is InChI=1S/C19H17N5O3/c25-17(22-8-5-13-3-1-6-20-9-13)18-23-15-11-24(12-16(15)27-18)19(26)14-4-2-7-21-10-14/h1-4,6-7,9-10H,5,8,11-12H2,(H,22,25). The summed E-state index contributed by atoms with van der Waals surface area (Å²) >= 11 is 0. The molecule has 0 aromatic carbocycles. The van der Waals surface area contributed by atoms with Crippen molar-refractivity contribution in [3.8, 4) is 0 Å². The SMILES string of the molecule is O=C(NCCc1cccnc1)c1nc2c(o1)CN(C(=O)c1cccnc1)C2. The summed E-state index contributed by atoms with van der Waals surface area (Å²) in [6.07, 6.45) is 7.29. The molecule has 2 amide bonds. The lowest BCUT2D eigenvalue weighted by atomic mass is 10.2. The van der Waals surface area contributed by atoms with E-state index in [4.69, 9.17) is 4.42 Å². The van der Waals surface area contributed by atoms with Crippen LogP contribution in [0.5, 0.6) is 0 Å². The minimum Gasteiger partial charge on any atom is -0.435 e. The Morgan fingerprint density at radius 2 is 1.93 bits per heavy atom. The summed E-state index contributed by atoms with van der Waals surface area (Å²) in [5.74, 6) is 0.0708. The van der Waals surface area contributed by atoms with Crippen LogP contribution in [0.25, 0.3) is 0 Å². The Balaban J connectivity index is 1.33. The van der Waals surface area contributed by atoms with E-state index in [0.29, 0.717) is 43.1 Å². The molecule has 0 spiro atoms. The highest BCUT2D eigenvalue weighted by molar-refractivity contribution is 5.94. The van der Waals surface area contributed by atoms with Crippen molar-refractivity contribution in [2.45, 2.75) is 19.5 Å². The van der Waals surface area contributed by atoms with Crippen LogP contribution in [0.15, 0.2) is 53.5 Å². The van der Waals surface area contributed by atoms with E-state index in [9.17, 15) is 9.59 Å². The summed E-state index contributed by atoms with van der Waals surface area (Å²) in [7, 11) is 0. The number of carbonyl (C=O) groups is 2. The van der Waals surface area contributed by atoms with E-state index in [-0.39, 0.29) is 17.7 Å². The zero-order valence-electron chi connectivity index (χ0n) is 14.5. The Hall–Kier alpha value is -3.55. The first kappa shape index (κ1) is 16.9. The van der Waals surface area contributed by atoms with Crippen molar-refractivity contribution in [2.24, 2.45) is 0 Å². The quantitative estimate of drug-likeness (QED) is 0.739. The van der Waals surface area contributed by atoms with E-state index in [1.807, 2.05) is 12.1 Å². The summed E-state index contributed by atoms with van der Waals surface area (Å²) in [6, 6.07) is 7.23. The van der Waals surface area contributed by atoms with Gasteiger partial charge in [-0.25, -0.2) is 4.98 Å². The van der Waals surface area contributed by atoms with Crippen molar-refractivity contribution in [1.29, 1.82) is 0 Å². The van der Waals surface area contributed by atoms with Gasteiger partial charge in [-0.15, -0.1) is 0 Å². The second-order valence-corrected chi connectivity index (χ2v) is 6.16. The van der Waals surface area contributed by atoms with Crippen molar-refractivity contribution in [3.05, 3.63) is 77.5 Å². The Bertz CT molecular complexity index is 932. The number of aromatic nitrogens is 3. The number of amides is 2. The van der Waals surface area contributed by atoms with Crippen molar-refractivity contribution in [3.63, 3.8) is 0 Å². The Labute approximate surface area is 155 Å². The van der Waals surface area contributed by atoms with Crippen molar-refractivity contribution in [2.75, 3.05) is 6.54 Å². The zero-order chi connectivity index (χ0) is 18.6. The van der Waals surface area contributed by atoms with E-state index in [0.717, 1.165) is 5.56 Å². The van der Waals surface area contributed by atoms with Gasteiger partial charge in [0, 0.05) is 31.3 Å². The van der Waals surface area contributed by atoms with Crippen LogP contribution in [0.3, 0.4) is 0 Å². The van der Waals surface area contributed by atoms with Gasteiger partial charge in [0.25, 0.3) is 11.8 Å². The molecule has 4 heterocycles. The molecule has 0 saturated heterocycles. The molecule has 0 unspecified atom stereocenters. The molecule has 1 N–H and O–H groups in total. The van der Waals surface area contributed by atoms with Gasteiger partial charge in [0.1, 0.15) is 11.5 Å². The number of hydrogen-bond donors (Lipinski definition) is 1. The Kier molecular flexibility index (Phi) is 4.61. The molecule has 1 aliphatic rings. The second kappa shape index (κ2) is 7.36. The van der Waals surface area contributed by atoms with Gasteiger partial charge in [0.2, 0.25) is 0 Å². The van der Waals surface area contributed by atoms with Crippen LogP contribution in [-0.2, 0) is 19.5 Å². The molecule has 0 fully saturated rings. The van der Waals surface area contributed by atoms with Gasteiger partial charge in [-0.3, -0.25) is 19.6 Å². The van der Waals surface area contributed by atoms with Crippen LogP contribution in [0.1, 0.15) is 38.1 Å². The van der Waals surface area contributed by atoms with E-state index < -0.39 is 0 Å². The molecular weight excluding hydrogens is 346 g/mol. The van der Waals surface area contributed by atoms with E-state index >= 15 is 0 Å². The number of pyridine rings is 2. The highest BCUT2D eigenvalue weighted by Crippen LogP contribution is 2.24. The molecule has 0 aliphatic carbocycles. The number of rotatable bonds is 5. The smallest absolute Gasteiger partial charge is 0.307 e. The largest absolute Gasteiger partial charge is 0.435 e. The first-order chi connectivity index (χ1) is 13.2. The van der Waals surface area contributed by atoms with Crippen molar-refractivity contribution < 1.29 is 14.0 Å². The molecule has 0 radical (unpaired) electrons. The zero-order valence-corrected chi connectivity index (χ0v) is 14.5. The van der Waals surface area contributed by atoms with Crippen molar-refractivity contribution >= 4 is 11.8 Å². The molecule has 27 heavy (non-hydrogen) atoms. The summed E-state index contributed by atoms with van der Waals surface area (Å²) in [4.78, 5) is 38.5. The van der Waals surface area contributed by atoms with Crippen LogP contribution < -0.4 is 5.32 Å². The minimum atomic E-state index is -0.363. The van der Waals surface area contributed by atoms with Gasteiger partial charge < -0.3 is 14.6 Å². The predicted molar refractivity (Wildman–Crippen MR) is 94.6 cm³/mol. The number of hydrogen-bond acceptors (Lipinski definition) is 6. The van der Waals surface area contributed by atoms with Gasteiger partial charge in [0.15, 0.2) is 0 Å². The lowest BCUT2D eigenvalue weighted by Gasteiger charge is -2.14. The summed E-state index contributed by atoms with van der Waals surface area (Å²) < 4.78 is 5.56. The normalized spacial score (nSPS) is 12.7. The Morgan fingerprint density at radius 1 is 1.11 bits per heavy atom. The maximum absolute atomic E-state index is 12.4. The highest BCUT2D eigenvalue weighted by Gasteiger charge is 2.30. The fourth-order valence-electron chi connectivity index (χ4n) is 2.90. The third-order valence-electron chi connectivity index (χ3n) is 4.27. The summed E-state index contributed by atoms with van der Waals surface area (Å²) in [5, 5.41) is 2.78. The van der Waals surface area contributed by atoms with Crippen LogP contribution in [0.2, 0.25) is 0 Å². The van der Waals surface area contributed by atoms with Crippen LogP contribution in [0.4, 0.5) is 0 Å². The number of oxazole rings is 1. The monoisotopic (exact) mass is 363 g/mol. The first-order valence-corrected chi connectivity index (χ1v) is 8.55. The van der Waals surface area contributed by atoms with Crippen LogP contribution in [-0.4, -0.2) is 38.2 Å². The maximum Gasteiger partial charge on any atom is 0.307 e. The molecular formula is C19H17N5O3. The maximum atomic E-state index is 12.4. The van der Waals surface area contributed by atoms with Crippen LogP contribution >= 0.6 is 0 Å². The third kappa shape index (κ3) is 3.69. The highest BCUT2D eigenvalue weighted by atomic mass is 16.4. The summed E-state index contributed by atoms with van der Waals surface area (Å²) in [5.41, 5.74) is 2.16. The third-order valence-corrected chi connectivity index (χ3v) is 4.27. The number of nitrogens with zero attached hydrogens (tertiary/aromatic N) is 4. The molecule has 3 aromatic rings. The van der Waals surface area contributed by atoms with E-state index in [1.54, 1.807) is 35.6 Å². The van der Waals surface area contributed by atoms with Gasteiger partial charge in [-0.1, -0.05) is 6.07 Å². The Morgan fingerprint density at radius 3 is 2.63 bits per heavy atom. The molecule has 136 valence electrons. The molecule has 8 heteroatoms. The molecule has 0 saturated carbocycles. The number of carbonyl (C=O) groups excluding carboxylic acids is 2. The summed E-state index contributed by atoms with van der Waals surface area (Å²) in [6.45, 7) is 1.07.